The van der Waals surface area contributed by atoms with Crippen molar-refractivity contribution in [1.82, 2.24) is 0 Å². The fourth-order valence-electron chi connectivity index (χ4n) is 2.79. The van der Waals surface area contributed by atoms with E-state index in [1.165, 1.54) is 19.6 Å². The van der Waals surface area contributed by atoms with Crippen molar-refractivity contribution < 1.29 is 9.73 Å². The zero-order chi connectivity index (χ0) is 16.4. The Hall–Kier alpha value is -1.39. The first-order valence-corrected chi connectivity index (χ1v) is 9.94. The van der Waals surface area contributed by atoms with Crippen LogP contribution in [0.5, 0.6) is 0 Å². The van der Waals surface area contributed by atoms with Gasteiger partial charge in [-0.05, 0) is 24.3 Å². The summed E-state index contributed by atoms with van der Waals surface area (Å²) in [5.41, 5.74) is -0.0363. The van der Waals surface area contributed by atoms with Crippen LogP contribution in [-0.2, 0) is 15.6 Å². The Morgan fingerprint density at radius 1 is 1.04 bits per heavy atom. The SMILES string of the molecule is COC(C)=[NH+]C(C)(C)C[S+]1c2ccccc2Sc2ccccc21. The molecular formula is C19H23NOS2+2. The van der Waals surface area contributed by atoms with Crippen molar-refractivity contribution in [3.05, 3.63) is 48.5 Å². The number of ether oxygens (including phenoxy) is 1. The predicted octanol–water partition coefficient (Wildman–Crippen LogP) is 3.11. The lowest BCUT2D eigenvalue weighted by Gasteiger charge is -2.22. The van der Waals surface area contributed by atoms with E-state index in [2.05, 4.69) is 67.4 Å². The zero-order valence-corrected chi connectivity index (χ0v) is 15.7. The summed E-state index contributed by atoms with van der Waals surface area (Å²) in [5.74, 6) is 1.91. The third-order valence-corrected chi connectivity index (χ3v) is 7.97. The first-order valence-electron chi connectivity index (χ1n) is 7.73. The molecule has 0 amide bonds. The van der Waals surface area contributed by atoms with Gasteiger partial charge in [0.15, 0.2) is 15.5 Å². The van der Waals surface area contributed by atoms with Crippen molar-refractivity contribution in [2.24, 2.45) is 0 Å². The van der Waals surface area contributed by atoms with E-state index in [0.29, 0.717) is 0 Å². The van der Waals surface area contributed by atoms with Crippen LogP contribution in [0.2, 0.25) is 0 Å². The average molecular weight is 346 g/mol. The Balaban J connectivity index is 2.02. The van der Waals surface area contributed by atoms with Gasteiger partial charge in [-0.2, -0.15) is 0 Å². The van der Waals surface area contributed by atoms with Gasteiger partial charge in [-0.1, -0.05) is 36.0 Å². The maximum absolute atomic E-state index is 5.32. The van der Waals surface area contributed by atoms with Crippen LogP contribution < -0.4 is 4.99 Å². The van der Waals surface area contributed by atoms with Crippen molar-refractivity contribution in [2.75, 3.05) is 12.9 Å². The van der Waals surface area contributed by atoms with Gasteiger partial charge < -0.3 is 4.74 Å². The van der Waals surface area contributed by atoms with E-state index >= 15 is 0 Å². The maximum Gasteiger partial charge on any atom is 0.331 e. The molecule has 1 aliphatic rings. The lowest BCUT2D eigenvalue weighted by atomic mass is 10.1. The predicted molar refractivity (Wildman–Crippen MR) is 98.5 cm³/mol. The molecule has 0 saturated carbocycles. The molecule has 23 heavy (non-hydrogen) atoms. The first-order chi connectivity index (χ1) is 11.0. The van der Waals surface area contributed by atoms with Gasteiger partial charge in [-0.15, -0.1) is 0 Å². The molecule has 2 aromatic rings. The minimum Gasteiger partial charge on any atom is -0.452 e. The molecule has 3 rings (SSSR count). The lowest BCUT2D eigenvalue weighted by Crippen LogP contribution is -2.87. The van der Waals surface area contributed by atoms with Crippen LogP contribution in [-0.4, -0.2) is 24.3 Å². The Kier molecular flexibility index (Phi) is 4.74. The summed E-state index contributed by atoms with van der Waals surface area (Å²) in [5, 5.41) is 0. The quantitative estimate of drug-likeness (QED) is 0.525. The first kappa shape index (κ1) is 16.5. The van der Waals surface area contributed by atoms with Crippen LogP contribution in [0.25, 0.3) is 0 Å². The summed E-state index contributed by atoms with van der Waals surface area (Å²) in [6.07, 6.45) is 0. The largest absolute Gasteiger partial charge is 0.452 e. The molecule has 4 heteroatoms. The number of methoxy groups -OCH3 is 1. The molecule has 0 aliphatic carbocycles. The summed E-state index contributed by atoms with van der Waals surface area (Å²) in [6, 6.07) is 17.6. The molecule has 120 valence electrons. The molecule has 2 aromatic carbocycles. The molecule has 0 unspecified atom stereocenters. The minimum absolute atomic E-state index is 0.0363. The molecule has 2 nitrogen and oxygen atoms in total. The van der Waals surface area contributed by atoms with E-state index in [4.69, 9.17) is 4.74 Å². The lowest BCUT2D eigenvalue weighted by molar-refractivity contribution is -0.545. The van der Waals surface area contributed by atoms with Crippen molar-refractivity contribution >= 4 is 28.6 Å². The second-order valence-corrected chi connectivity index (χ2v) is 9.33. The molecule has 0 bridgehead atoms. The van der Waals surface area contributed by atoms with Crippen LogP contribution in [0.1, 0.15) is 20.8 Å². The highest BCUT2D eigenvalue weighted by atomic mass is 32.2. The highest BCUT2D eigenvalue weighted by molar-refractivity contribution is 8.04. The Labute approximate surface area is 145 Å². The minimum atomic E-state index is -0.0363. The summed E-state index contributed by atoms with van der Waals surface area (Å²) in [7, 11) is 1.78. The van der Waals surface area contributed by atoms with E-state index in [9.17, 15) is 0 Å². The molecule has 0 aromatic heterocycles. The van der Waals surface area contributed by atoms with Crippen LogP contribution in [0.3, 0.4) is 0 Å². The van der Waals surface area contributed by atoms with E-state index in [-0.39, 0.29) is 16.4 Å². The molecule has 0 spiro atoms. The molecule has 0 atom stereocenters. The monoisotopic (exact) mass is 345 g/mol. The van der Waals surface area contributed by atoms with Gasteiger partial charge in [0.1, 0.15) is 0 Å². The number of nitrogens with one attached hydrogen (secondary N) is 1. The van der Waals surface area contributed by atoms with Gasteiger partial charge in [0.25, 0.3) is 0 Å². The number of hydrogen-bond acceptors (Lipinski definition) is 2. The van der Waals surface area contributed by atoms with Crippen molar-refractivity contribution in [2.45, 2.75) is 45.9 Å². The second kappa shape index (κ2) is 6.62. The highest BCUT2D eigenvalue weighted by Gasteiger charge is 2.42. The molecule has 1 aliphatic heterocycles. The topological polar surface area (TPSA) is 23.2 Å². The summed E-state index contributed by atoms with van der Waals surface area (Å²) in [6.45, 7) is 6.47. The summed E-state index contributed by atoms with van der Waals surface area (Å²) in [4.78, 5) is 9.20. The van der Waals surface area contributed by atoms with Gasteiger partial charge in [0.2, 0.25) is 5.54 Å². The van der Waals surface area contributed by atoms with E-state index < -0.39 is 0 Å². The van der Waals surface area contributed by atoms with Gasteiger partial charge >= 0.3 is 5.90 Å². The summed E-state index contributed by atoms with van der Waals surface area (Å²) >= 11 is 1.89. The molecule has 0 radical (unpaired) electrons. The smallest absolute Gasteiger partial charge is 0.331 e. The van der Waals surface area contributed by atoms with Gasteiger partial charge in [0.05, 0.1) is 34.7 Å². The second-order valence-electron chi connectivity index (χ2n) is 6.30. The summed E-state index contributed by atoms with van der Waals surface area (Å²) < 4.78 is 5.32. The number of fused-ring (bicyclic) bond motifs is 2. The highest BCUT2D eigenvalue weighted by Crippen LogP contribution is 2.45. The zero-order valence-electron chi connectivity index (χ0n) is 14.1. The fourth-order valence-corrected chi connectivity index (χ4v) is 6.96. The standard InChI is InChI=1S/C19H22NOS2/c1-14(21-4)20-19(2,3)13-23-17-11-7-5-9-15(17)22-16-10-6-8-12-18(16)23/h5-12H,13H2,1-4H3/q+1/p+1. The molecule has 1 N–H and O–H groups in total. The van der Waals surface area contributed by atoms with Crippen molar-refractivity contribution in [3.63, 3.8) is 0 Å². The molecular weight excluding hydrogens is 322 g/mol. The van der Waals surface area contributed by atoms with Crippen molar-refractivity contribution in [1.29, 1.82) is 0 Å². The van der Waals surface area contributed by atoms with Gasteiger partial charge in [-0.25, -0.2) is 4.99 Å². The average Bonchev–Trinajstić information content (AvgIpc) is 2.54. The molecule has 0 fully saturated rings. The Morgan fingerprint density at radius 3 is 2.09 bits per heavy atom. The van der Waals surface area contributed by atoms with E-state index in [1.807, 2.05) is 18.7 Å². The fraction of sp³-hybridized carbons (Fsp3) is 0.316. The third kappa shape index (κ3) is 3.59. The van der Waals surface area contributed by atoms with E-state index in [0.717, 1.165) is 11.7 Å². The van der Waals surface area contributed by atoms with Crippen LogP contribution in [0.4, 0.5) is 0 Å². The van der Waals surface area contributed by atoms with Gasteiger partial charge in [0, 0.05) is 13.8 Å². The third-order valence-electron chi connectivity index (χ3n) is 3.77. The Bertz CT molecular complexity index is 694. The Morgan fingerprint density at radius 2 is 1.57 bits per heavy atom. The maximum atomic E-state index is 5.32. The van der Waals surface area contributed by atoms with Crippen LogP contribution >= 0.6 is 11.8 Å². The number of benzene rings is 2. The molecule has 1 heterocycles. The van der Waals surface area contributed by atoms with E-state index in [1.54, 1.807) is 7.11 Å². The number of rotatable bonds is 3. The van der Waals surface area contributed by atoms with Gasteiger partial charge in [-0.3, -0.25) is 0 Å². The number of hydrogen-bond donors (Lipinski definition) is 1. The normalized spacial score (nSPS) is 15.0. The van der Waals surface area contributed by atoms with Crippen LogP contribution in [0.15, 0.2) is 68.1 Å². The van der Waals surface area contributed by atoms with Crippen molar-refractivity contribution in [3.8, 4) is 0 Å². The molecule has 0 saturated heterocycles. The van der Waals surface area contributed by atoms with Crippen LogP contribution in [0, 0.1) is 0 Å².